The minimum Gasteiger partial charge on any atom is -0.376 e. The van der Waals surface area contributed by atoms with Gasteiger partial charge in [-0.15, -0.1) is 34.2 Å². The zero-order valence-electron chi connectivity index (χ0n) is 18.8. The van der Waals surface area contributed by atoms with Crippen molar-refractivity contribution in [2.45, 2.75) is 77.5 Å². The average molecular weight is 534 g/mol. The summed E-state index contributed by atoms with van der Waals surface area (Å²) < 4.78 is 14.0. The number of rotatable bonds is 8. The number of unbranched alkanes of at least 4 members (excludes halogenated alkanes) is 1. The molecule has 1 aromatic rings. The van der Waals surface area contributed by atoms with E-state index in [0.717, 1.165) is 76.1 Å². The minimum atomic E-state index is 0. The lowest BCUT2D eigenvalue weighted by molar-refractivity contribution is -0.0721. The zero-order chi connectivity index (χ0) is 20.5. The number of guanidine groups is 1. The lowest BCUT2D eigenvalue weighted by Crippen LogP contribution is -2.47. The lowest BCUT2D eigenvalue weighted by atomic mass is 10.1. The topological polar surface area (TPSA) is 76.8 Å². The molecule has 0 radical (unpaired) electrons. The average Bonchev–Trinajstić information content (AvgIpc) is 3.08. The van der Waals surface area contributed by atoms with Crippen LogP contribution >= 0.6 is 24.0 Å². The molecule has 1 N–H and O–H groups in total. The summed E-state index contributed by atoms with van der Waals surface area (Å²) in [6.07, 6.45) is 8.59. The Hall–Kier alpha value is -0.940. The van der Waals surface area contributed by atoms with E-state index >= 15 is 0 Å². The summed E-state index contributed by atoms with van der Waals surface area (Å²) in [5.74, 6) is 2.78. The van der Waals surface area contributed by atoms with Gasteiger partial charge >= 0.3 is 0 Å². The smallest absolute Gasteiger partial charge is 0.194 e. The third-order valence-corrected chi connectivity index (χ3v) is 5.90. The molecule has 8 nitrogen and oxygen atoms in total. The highest BCUT2D eigenvalue weighted by Gasteiger charge is 2.24. The van der Waals surface area contributed by atoms with E-state index in [2.05, 4.69) is 27.3 Å². The van der Waals surface area contributed by atoms with Crippen LogP contribution in [0.5, 0.6) is 0 Å². The van der Waals surface area contributed by atoms with Gasteiger partial charge in [0.1, 0.15) is 12.4 Å². The van der Waals surface area contributed by atoms with Gasteiger partial charge in [-0.25, -0.2) is 4.99 Å². The van der Waals surface area contributed by atoms with E-state index in [1.807, 2.05) is 18.5 Å². The van der Waals surface area contributed by atoms with E-state index in [-0.39, 0.29) is 24.0 Å². The highest BCUT2D eigenvalue weighted by Crippen LogP contribution is 2.18. The molecule has 0 aliphatic carbocycles. The lowest BCUT2D eigenvalue weighted by Gasteiger charge is -2.35. The van der Waals surface area contributed by atoms with Gasteiger partial charge in [0, 0.05) is 33.3 Å². The largest absolute Gasteiger partial charge is 0.376 e. The Balaban J connectivity index is 0.00000320. The van der Waals surface area contributed by atoms with E-state index in [9.17, 15) is 0 Å². The van der Waals surface area contributed by atoms with E-state index in [1.54, 1.807) is 0 Å². The van der Waals surface area contributed by atoms with Crippen LogP contribution in [0.3, 0.4) is 0 Å². The quantitative estimate of drug-likeness (QED) is 0.239. The molecule has 0 aromatic carbocycles. The molecule has 2 aliphatic heterocycles. The fourth-order valence-electron chi connectivity index (χ4n) is 3.80. The number of hydrogen-bond acceptors (Lipinski definition) is 5. The second-order valence-electron chi connectivity index (χ2n) is 8.15. The van der Waals surface area contributed by atoms with Crippen molar-refractivity contribution in [3.05, 3.63) is 11.6 Å². The number of likely N-dealkylation sites (tertiary alicyclic amines) is 1. The van der Waals surface area contributed by atoms with Gasteiger partial charge in [0.15, 0.2) is 11.8 Å². The first kappa shape index (κ1) is 25.3. The van der Waals surface area contributed by atoms with Crippen LogP contribution in [-0.4, -0.2) is 70.7 Å². The van der Waals surface area contributed by atoms with E-state index in [4.69, 9.17) is 14.5 Å². The summed E-state index contributed by atoms with van der Waals surface area (Å²) in [7, 11) is 1.99. The molecule has 0 spiro atoms. The van der Waals surface area contributed by atoms with Crippen molar-refractivity contribution in [1.82, 2.24) is 25.0 Å². The van der Waals surface area contributed by atoms with Crippen LogP contribution in [0.4, 0.5) is 0 Å². The molecule has 0 amide bonds. The third kappa shape index (κ3) is 7.64. The van der Waals surface area contributed by atoms with Gasteiger partial charge in [0.2, 0.25) is 0 Å². The normalized spacial score (nSPS) is 20.8. The maximum atomic E-state index is 6.16. The highest BCUT2D eigenvalue weighted by atomic mass is 127. The zero-order valence-corrected chi connectivity index (χ0v) is 21.1. The van der Waals surface area contributed by atoms with Gasteiger partial charge in [-0.2, -0.15) is 0 Å². The monoisotopic (exact) mass is 534 g/mol. The van der Waals surface area contributed by atoms with E-state index in [0.29, 0.717) is 18.8 Å². The number of ether oxygens (including phenoxy) is 2. The Morgan fingerprint density at radius 3 is 2.67 bits per heavy atom. The third-order valence-electron chi connectivity index (χ3n) is 5.90. The maximum Gasteiger partial charge on any atom is 0.194 e. The molecule has 2 aliphatic rings. The maximum absolute atomic E-state index is 6.16. The number of aliphatic imine (C=N–C) groups is 1. The Bertz CT molecular complexity index is 639. The number of piperidine rings is 1. The summed E-state index contributed by atoms with van der Waals surface area (Å²) in [6.45, 7) is 9.22. The van der Waals surface area contributed by atoms with Crippen LogP contribution in [0.1, 0.15) is 63.5 Å². The molecular weight excluding hydrogens is 495 g/mol. The molecular formula is C21H39IN6O2. The highest BCUT2D eigenvalue weighted by molar-refractivity contribution is 14.0. The standard InChI is InChI=1S/C21H38N6O2.HI/c1-4-5-11-22-21(23-15-20-25-24-17(2)26(20)3)27-12-9-18(10-13-27)29-16-19-8-6-7-14-28-19;/h18-19H,4-16H2,1-3H3,(H,22,23);1H. The van der Waals surface area contributed by atoms with Crippen molar-refractivity contribution in [2.24, 2.45) is 12.0 Å². The van der Waals surface area contributed by atoms with Crippen LogP contribution < -0.4 is 5.32 Å². The Labute approximate surface area is 198 Å². The fourth-order valence-corrected chi connectivity index (χ4v) is 3.80. The summed E-state index contributed by atoms with van der Waals surface area (Å²) in [5, 5.41) is 11.9. The van der Waals surface area contributed by atoms with Gasteiger partial charge in [0.25, 0.3) is 0 Å². The second kappa shape index (κ2) is 13.5. The van der Waals surface area contributed by atoms with Gasteiger partial charge in [-0.3, -0.25) is 0 Å². The van der Waals surface area contributed by atoms with Crippen LogP contribution in [0.25, 0.3) is 0 Å². The molecule has 3 rings (SSSR count). The van der Waals surface area contributed by atoms with Crippen molar-refractivity contribution in [3.8, 4) is 0 Å². The number of aromatic nitrogens is 3. The molecule has 0 saturated carbocycles. The molecule has 1 atom stereocenters. The van der Waals surface area contributed by atoms with E-state index < -0.39 is 0 Å². The molecule has 1 unspecified atom stereocenters. The van der Waals surface area contributed by atoms with Gasteiger partial charge < -0.3 is 24.3 Å². The number of hydrogen-bond donors (Lipinski definition) is 1. The molecule has 2 fully saturated rings. The Kier molecular flexibility index (Phi) is 11.4. The van der Waals surface area contributed by atoms with Crippen LogP contribution in [0.2, 0.25) is 0 Å². The first-order valence-corrected chi connectivity index (χ1v) is 11.3. The van der Waals surface area contributed by atoms with Crippen molar-refractivity contribution in [1.29, 1.82) is 0 Å². The second-order valence-corrected chi connectivity index (χ2v) is 8.15. The molecule has 2 saturated heterocycles. The fraction of sp³-hybridized carbons (Fsp3) is 0.857. The van der Waals surface area contributed by atoms with Crippen molar-refractivity contribution < 1.29 is 9.47 Å². The summed E-state index contributed by atoms with van der Waals surface area (Å²) >= 11 is 0. The summed E-state index contributed by atoms with van der Waals surface area (Å²) in [4.78, 5) is 7.21. The molecule has 3 heterocycles. The van der Waals surface area contributed by atoms with Crippen molar-refractivity contribution >= 4 is 29.9 Å². The van der Waals surface area contributed by atoms with E-state index in [1.165, 1.54) is 19.3 Å². The Morgan fingerprint density at radius 2 is 2.03 bits per heavy atom. The predicted octanol–water partition coefficient (Wildman–Crippen LogP) is 3.04. The van der Waals surface area contributed by atoms with Crippen LogP contribution in [0.15, 0.2) is 4.99 Å². The SMILES string of the molecule is CCCCNC(=NCc1nnc(C)n1C)N1CCC(OCC2CCCCO2)CC1.I. The van der Waals surface area contributed by atoms with Crippen LogP contribution in [0, 0.1) is 6.92 Å². The van der Waals surface area contributed by atoms with Crippen LogP contribution in [-0.2, 0) is 23.1 Å². The van der Waals surface area contributed by atoms with Gasteiger partial charge in [-0.05, 0) is 45.4 Å². The van der Waals surface area contributed by atoms with Crippen molar-refractivity contribution in [3.63, 3.8) is 0 Å². The number of nitrogens with one attached hydrogen (secondary N) is 1. The molecule has 0 bridgehead atoms. The molecule has 172 valence electrons. The first-order chi connectivity index (χ1) is 14.2. The number of halogens is 1. The van der Waals surface area contributed by atoms with Gasteiger partial charge in [0.05, 0.1) is 18.8 Å². The number of aryl methyl sites for hydroxylation is 1. The van der Waals surface area contributed by atoms with Gasteiger partial charge in [-0.1, -0.05) is 13.3 Å². The minimum absolute atomic E-state index is 0. The summed E-state index contributed by atoms with van der Waals surface area (Å²) in [5.41, 5.74) is 0. The molecule has 30 heavy (non-hydrogen) atoms. The van der Waals surface area contributed by atoms with Crippen molar-refractivity contribution in [2.75, 3.05) is 32.8 Å². The first-order valence-electron chi connectivity index (χ1n) is 11.3. The molecule has 9 heteroatoms. The predicted molar refractivity (Wildman–Crippen MR) is 129 cm³/mol. The number of nitrogens with zero attached hydrogens (tertiary/aromatic N) is 5. The molecule has 1 aromatic heterocycles. The summed E-state index contributed by atoms with van der Waals surface area (Å²) in [6, 6.07) is 0. The Morgan fingerprint density at radius 1 is 1.23 bits per heavy atom.